The van der Waals surface area contributed by atoms with Gasteiger partial charge in [0.05, 0.1) is 6.54 Å². The van der Waals surface area contributed by atoms with Gasteiger partial charge in [0.1, 0.15) is 12.4 Å². The standard InChI is InChI=1S/C29H42N2O5/c1-7-35-27(28(32)33)19-24-10-12-25(13-11-24)36-16-15-31(14-8-9-20(2)3)29(34)30-26-18-22(5)21(4)17-23(26)6/h10-13,17-18,20,27H,7-9,14-16,19H2,1-6H3,(H,30,34)(H,32,33). The van der Waals surface area contributed by atoms with E-state index in [9.17, 15) is 14.7 Å². The van der Waals surface area contributed by atoms with E-state index in [2.05, 4.69) is 32.2 Å². The lowest BCUT2D eigenvalue weighted by atomic mass is 10.1. The number of hydrogen-bond donors (Lipinski definition) is 2. The molecular formula is C29H42N2O5. The highest BCUT2D eigenvalue weighted by atomic mass is 16.5. The predicted octanol–water partition coefficient (Wildman–Crippen LogP) is 5.99. The molecule has 0 aliphatic rings. The summed E-state index contributed by atoms with van der Waals surface area (Å²) in [6.45, 7) is 14.1. The fourth-order valence-corrected chi connectivity index (χ4v) is 3.92. The number of carboxylic acid groups (broad SMARTS) is 1. The first-order valence-corrected chi connectivity index (χ1v) is 12.8. The Bertz CT molecular complexity index is 988. The third-order valence-corrected chi connectivity index (χ3v) is 6.20. The minimum Gasteiger partial charge on any atom is -0.492 e. The zero-order chi connectivity index (χ0) is 26.7. The van der Waals surface area contributed by atoms with Crippen molar-refractivity contribution in [2.45, 2.75) is 66.9 Å². The first-order chi connectivity index (χ1) is 17.1. The van der Waals surface area contributed by atoms with E-state index in [-0.39, 0.29) is 6.03 Å². The van der Waals surface area contributed by atoms with Crippen LogP contribution < -0.4 is 10.1 Å². The van der Waals surface area contributed by atoms with E-state index in [1.165, 1.54) is 5.56 Å². The van der Waals surface area contributed by atoms with Crippen molar-refractivity contribution >= 4 is 17.7 Å². The summed E-state index contributed by atoms with van der Waals surface area (Å²) < 4.78 is 11.2. The van der Waals surface area contributed by atoms with Crippen molar-refractivity contribution in [1.82, 2.24) is 4.90 Å². The Morgan fingerprint density at radius 1 is 1.00 bits per heavy atom. The van der Waals surface area contributed by atoms with Crippen LogP contribution in [0.3, 0.4) is 0 Å². The highest BCUT2D eigenvalue weighted by molar-refractivity contribution is 5.90. The summed E-state index contributed by atoms with van der Waals surface area (Å²) >= 11 is 0. The summed E-state index contributed by atoms with van der Waals surface area (Å²) in [6.07, 6.45) is 1.41. The van der Waals surface area contributed by atoms with Gasteiger partial charge in [-0.3, -0.25) is 0 Å². The summed E-state index contributed by atoms with van der Waals surface area (Å²) in [5, 5.41) is 12.4. The smallest absolute Gasteiger partial charge is 0.333 e. The van der Waals surface area contributed by atoms with Crippen LogP contribution in [0.2, 0.25) is 0 Å². The van der Waals surface area contributed by atoms with Crippen LogP contribution in [0, 0.1) is 26.7 Å². The van der Waals surface area contributed by atoms with Gasteiger partial charge in [0.2, 0.25) is 0 Å². The topological polar surface area (TPSA) is 88.1 Å². The van der Waals surface area contributed by atoms with Gasteiger partial charge >= 0.3 is 12.0 Å². The molecule has 7 heteroatoms. The highest BCUT2D eigenvalue weighted by Gasteiger charge is 2.18. The summed E-state index contributed by atoms with van der Waals surface area (Å²) in [6, 6.07) is 11.3. The molecule has 0 spiro atoms. The average molecular weight is 499 g/mol. The second kappa shape index (κ2) is 14.5. The Balaban J connectivity index is 1.97. The van der Waals surface area contributed by atoms with Crippen LogP contribution in [0.4, 0.5) is 10.5 Å². The van der Waals surface area contributed by atoms with E-state index in [1.807, 2.05) is 49.1 Å². The number of amides is 2. The number of anilines is 1. The van der Waals surface area contributed by atoms with Crippen LogP contribution in [0.1, 0.15) is 55.9 Å². The van der Waals surface area contributed by atoms with Gasteiger partial charge in [-0.05, 0) is 86.9 Å². The molecule has 2 aromatic carbocycles. The molecule has 2 amide bonds. The molecule has 198 valence electrons. The maximum Gasteiger partial charge on any atom is 0.333 e. The first kappa shape index (κ1) is 29.2. The Kier molecular flexibility index (Phi) is 11.7. The Morgan fingerprint density at radius 3 is 2.28 bits per heavy atom. The van der Waals surface area contributed by atoms with Crippen LogP contribution in [0.5, 0.6) is 5.75 Å². The van der Waals surface area contributed by atoms with Crippen LogP contribution in [-0.2, 0) is 16.0 Å². The predicted molar refractivity (Wildman–Crippen MR) is 144 cm³/mol. The lowest BCUT2D eigenvalue weighted by Gasteiger charge is -2.24. The number of ether oxygens (including phenoxy) is 2. The van der Waals surface area contributed by atoms with E-state index in [0.717, 1.165) is 35.2 Å². The van der Waals surface area contributed by atoms with Crippen LogP contribution >= 0.6 is 0 Å². The van der Waals surface area contributed by atoms with Crippen molar-refractivity contribution in [3.8, 4) is 5.75 Å². The van der Waals surface area contributed by atoms with Gasteiger partial charge in [-0.15, -0.1) is 0 Å². The minimum absolute atomic E-state index is 0.125. The van der Waals surface area contributed by atoms with Gasteiger partial charge in [-0.1, -0.05) is 32.0 Å². The van der Waals surface area contributed by atoms with Crippen LogP contribution in [0.15, 0.2) is 36.4 Å². The van der Waals surface area contributed by atoms with Gasteiger partial charge in [-0.2, -0.15) is 0 Å². The van der Waals surface area contributed by atoms with Gasteiger partial charge in [0.25, 0.3) is 0 Å². The maximum absolute atomic E-state index is 13.1. The van der Waals surface area contributed by atoms with Gasteiger partial charge in [-0.25, -0.2) is 9.59 Å². The molecule has 36 heavy (non-hydrogen) atoms. The second-order valence-corrected chi connectivity index (χ2v) is 9.68. The summed E-state index contributed by atoms with van der Waals surface area (Å²) in [5.74, 6) is 0.286. The molecule has 2 N–H and O–H groups in total. The normalized spacial score (nSPS) is 11.9. The van der Waals surface area contributed by atoms with E-state index in [0.29, 0.717) is 44.4 Å². The van der Waals surface area contributed by atoms with Crippen molar-refractivity contribution in [3.63, 3.8) is 0 Å². The third-order valence-electron chi connectivity index (χ3n) is 6.20. The van der Waals surface area contributed by atoms with Crippen molar-refractivity contribution in [2.75, 3.05) is 31.6 Å². The molecule has 1 atom stereocenters. The molecule has 0 aromatic heterocycles. The number of carbonyl (C=O) groups excluding carboxylic acids is 1. The third kappa shape index (κ3) is 9.53. The lowest BCUT2D eigenvalue weighted by molar-refractivity contribution is -0.149. The zero-order valence-electron chi connectivity index (χ0n) is 22.6. The molecular weight excluding hydrogens is 456 g/mol. The number of rotatable bonds is 14. The number of carboxylic acids is 1. The molecule has 0 heterocycles. The van der Waals surface area contributed by atoms with Gasteiger partial charge < -0.3 is 24.8 Å². The second-order valence-electron chi connectivity index (χ2n) is 9.68. The molecule has 0 saturated carbocycles. The van der Waals surface area contributed by atoms with E-state index >= 15 is 0 Å². The summed E-state index contributed by atoms with van der Waals surface area (Å²) in [4.78, 5) is 26.3. The number of hydrogen-bond acceptors (Lipinski definition) is 4. The molecule has 2 aromatic rings. The molecule has 0 radical (unpaired) electrons. The summed E-state index contributed by atoms with van der Waals surface area (Å²) in [7, 11) is 0. The molecule has 0 bridgehead atoms. The number of nitrogens with zero attached hydrogens (tertiary/aromatic N) is 1. The Morgan fingerprint density at radius 2 is 1.67 bits per heavy atom. The van der Waals surface area contributed by atoms with E-state index in [4.69, 9.17) is 9.47 Å². The Hall–Kier alpha value is -3.06. The zero-order valence-corrected chi connectivity index (χ0v) is 22.6. The van der Waals surface area contributed by atoms with E-state index < -0.39 is 12.1 Å². The molecule has 0 fully saturated rings. The van der Waals surface area contributed by atoms with Gasteiger partial charge in [0.15, 0.2) is 6.10 Å². The molecule has 1 unspecified atom stereocenters. The van der Waals surface area contributed by atoms with E-state index in [1.54, 1.807) is 6.92 Å². The van der Waals surface area contributed by atoms with Crippen molar-refractivity contribution in [1.29, 1.82) is 0 Å². The van der Waals surface area contributed by atoms with Crippen LogP contribution in [0.25, 0.3) is 0 Å². The highest BCUT2D eigenvalue weighted by Crippen LogP contribution is 2.21. The molecule has 0 aliphatic heterocycles. The largest absolute Gasteiger partial charge is 0.492 e. The molecule has 2 rings (SSSR count). The summed E-state index contributed by atoms with van der Waals surface area (Å²) in [5.41, 5.74) is 5.08. The van der Waals surface area contributed by atoms with Crippen LogP contribution in [-0.4, -0.2) is 54.4 Å². The monoisotopic (exact) mass is 498 g/mol. The number of carbonyl (C=O) groups is 2. The fourth-order valence-electron chi connectivity index (χ4n) is 3.92. The molecule has 0 saturated heterocycles. The fraction of sp³-hybridized carbons (Fsp3) is 0.517. The van der Waals surface area contributed by atoms with Crippen molar-refractivity contribution in [3.05, 3.63) is 58.7 Å². The number of nitrogens with one attached hydrogen (secondary N) is 1. The molecule has 7 nitrogen and oxygen atoms in total. The number of benzene rings is 2. The van der Waals surface area contributed by atoms with Gasteiger partial charge in [0, 0.05) is 25.3 Å². The lowest BCUT2D eigenvalue weighted by Crippen LogP contribution is -2.38. The number of urea groups is 1. The number of aliphatic carboxylic acids is 1. The Labute approximate surface area is 215 Å². The number of aryl methyl sites for hydroxylation is 3. The van der Waals surface area contributed by atoms with Crippen molar-refractivity contribution < 1.29 is 24.2 Å². The minimum atomic E-state index is -0.969. The quantitative estimate of drug-likeness (QED) is 0.334. The average Bonchev–Trinajstić information content (AvgIpc) is 2.82. The van der Waals surface area contributed by atoms with Crippen molar-refractivity contribution in [2.24, 2.45) is 5.92 Å². The SMILES string of the molecule is CCOC(Cc1ccc(OCCN(CCCC(C)C)C(=O)Nc2cc(C)c(C)cc2C)cc1)C(=O)O. The maximum atomic E-state index is 13.1. The molecule has 0 aliphatic carbocycles. The first-order valence-electron chi connectivity index (χ1n) is 12.8.